The summed E-state index contributed by atoms with van der Waals surface area (Å²) in [6.07, 6.45) is 7.39. The van der Waals surface area contributed by atoms with Gasteiger partial charge in [-0.2, -0.15) is 0 Å². The van der Waals surface area contributed by atoms with E-state index in [1.807, 2.05) is 6.92 Å². The number of carbonyl (C=O) groups is 2. The van der Waals surface area contributed by atoms with Crippen LogP contribution in [0, 0.1) is 11.8 Å². The number of ether oxygens (including phenoxy) is 1. The van der Waals surface area contributed by atoms with E-state index in [9.17, 15) is 9.59 Å². The quantitative estimate of drug-likeness (QED) is 0.662. The third kappa shape index (κ3) is 2.78. The molecule has 1 aliphatic rings. The minimum absolute atomic E-state index is 0.0163. The highest BCUT2D eigenvalue weighted by Crippen LogP contribution is 2.22. The molecule has 0 radical (unpaired) electrons. The molecule has 0 spiro atoms. The summed E-state index contributed by atoms with van der Waals surface area (Å²) in [6, 6.07) is 0. The van der Waals surface area contributed by atoms with Crippen LogP contribution < -0.4 is 0 Å². The molecular formula is C12H16O3. The van der Waals surface area contributed by atoms with Gasteiger partial charge in [-0.1, -0.05) is 25.2 Å². The van der Waals surface area contributed by atoms with Gasteiger partial charge in [0.15, 0.2) is 5.78 Å². The standard InChI is InChI=1S/C12H16O3/c1-3-9(12(14)15-4-2)10-7-5-6-8-11(10)13/h5-10H,3-4H2,1-2H3. The minimum Gasteiger partial charge on any atom is -0.466 e. The Bertz CT molecular complexity index is 302. The highest BCUT2D eigenvalue weighted by atomic mass is 16.5. The first-order valence-electron chi connectivity index (χ1n) is 5.26. The topological polar surface area (TPSA) is 43.4 Å². The van der Waals surface area contributed by atoms with Crippen LogP contribution in [-0.4, -0.2) is 18.4 Å². The van der Waals surface area contributed by atoms with Crippen LogP contribution in [0.3, 0.4) is 0 Å². The fraction of sp³-hybridized carbons (Fsp3) is 0.500. The van der Waals surface area contributed by atoms with Gasteiger partial charge >= 0.3 is 5.97 Å². The molecule has 15 heavy (non-hydrogen) atoms. The molecule has 0 amide bonds. The van der Waals surface area contributed by atoms with E-state index in [2.05, 4.69) is 0 Å². The Kier molecular flexibility index (Phi) is 4.28. The van der Waals surface area contributed by atoms with Crippen molar-refractivity contribution < 1.29 is 14.3 Å². The summed E-state index contributed by atoms with van der Waals surface area (Å²) in [5.41, 5.74) is 0. The van der Waals surface area contributed by atoms with Crippen molar-refractivity contribution in [2.24, 2.45) is 11.8 Å². The first kappa shape index (κ1) is 11.7. The SMILES string of the molecule is CCOC(=O)C(CC)C1C=CC=CC1=O. The van der Waals surface area contributed by atoms with Gasteiger partial charge in [-0.25, -0.2) is 0 Å². The minimum atomic E-state index is -0.348. The molecule has 3 heteroatoms. The Morgan fingerprint density at radius 1 is 1.47 bits per heavy atom. The number of hydrogen-bond acceptors (Lipinski definition) is 3. The molecule has 2 unspecified atom stereocenters. The fourth-order valence-corrected chi connectivity index (χ4v) is 1.69. The van der Waals surface area contributed by atoms with Crippen molar-refractivity contribution in [3.05, 3.63) is 24.3 Å². The fourth-order valence-electron chi connectivity index (χ4n) is 1.69. The average Bonchev–Trinajstić information content (AvgIpc) is 2.22. The van der Waals surface area contributed by atoms with E-state index in [-0.39, 0.29) is 23.6 Å². The molecule has 0 fully saturated rings. The molecular weight excluding hydrogens is 192 g/mol. The molecule has 0 N–H and O–H groups in total. The van der Waals surface area contributed by atoms with Crippen LogP contribution in [0.1, 0.15) is 20.3 Å². The zero-order chi connectivity index (χ0) is 11.3. The van der Waals surface area contributed by atoms with Crippen LogP contribution in [0.25, 0.3) is 0 Å². The van der Waals surface area contributed by atoms with Gasteiger partial charge in [0.25, 0.3) is 0 Å². The van der Waals surface area contributed by atoms with E-state index in [1.54, 1.807) is 25.2 Å². The lowest BCUT2D eigenvalue weighted by Crippen LogP contribution is -2.29. The monoisotopic (exact) mass is 208 g/mol. The molecule has 82 valence electrons. The Balaban J connectivity index is 2.74. The summed E-state index contributed by atoms with van der Waals surface area (Å²) in [5.74, 6) is -0.992. The first-order chi connectivity index (χ1) is 7.20. The van der Waals surface area contributed by atoms with Crippen LogP contribution in [0.4, 0.5) is 0 Å². The van der Waals surface area contributed by atoms with Crippen molar-refractivity contribution in [3.63, 3.8) is 0 Å². The smallest absolute Gasteiger partial charge is 0.309 e. The van der Waals surface area contributed by atoms with Crippen molar-refractivity contribution in [3.8, 4) is 0 Å². The highest BCUT2D eigenvalue weighted by molar-refractivity contribution is 5.97. The maximum absolute atomic E-state index is 11.6. The van der Waals surface area contributed by atoms with Gasteiger partial charge in [-0.3, -0.25) is 9.59 Å². The molecule has 0 aromatic heterocycles. The van der Waals surface area contributed by atoms with E-state index in [4.69, 9.17) is 4.74 Å². The number of carbonyl (C=O) groups excluding carboxylic acids is 2. The average molecular weight is 208 g/mol. The van der Waals surface area contributed by atoms with Gasteiger partial charge in [-0.05, 0) is 19.4 Å². The highest BCUT2D eigenvalue weighted by Gasteiger charge is 2.30. The molecule has 2 atom stereocenters. The summed E-state index contributed by atoms with van der Waals surface area (Å²) in [7, 11) is 0. The maximum Gasteiger partial charge on any atom is 0.309 e. The molecule has 1 rings (SSSR count). The zero-order valence-electron chi connectivity index (χ0n) is 9.10. The van der Waals surface area contributed by atoms with Gasteiger partial charge in [0, 0.05) is 0 Å². The second-order valence-corrected chi connectivity index (χ2v) is 3.44. The van der Waals surface area contributed by atoms with Gasteiger partial charge in [0.1, 0.15) is 0 Å². The van der Waals surface area contributed by atoms with Crippen LogP contribution >= 0.6 is 0 Å². The van der Waals surface area contributed by atoms with Crippen molar-refractivity contribution in [2.45, 2.75) is 20.3 Å². The van der Waals surface area contributed by atoms with Crippen molar-refractivity contribution >= 4 is 11.8 Å². The van der Waals surface area contributed by atoms with Crippen LogP contribution in [0.5, 0.6) is 0 Å². The molecule has 0 saturated heterocycles. The van der Waals surface area contributed by atoms with Crippen LogP contribution in [-0.2, 0) is 14.3 Å². The largest absolute Gasteiger partial charge is 0.466 e. The van der Waals surface area contributed by atoms with Crippen LogP contribution in [0.15, 0.2) is 24.3 Å². The van der Waals surface area contributed by atoms with Crippen LogP contribution in [0.2, 0.25) is 0 Å². The molecule has 0 aromatic rings. The molecule has 0 saturated carbocycles. The van der Waals surface area contributed by atoms with E-state index < -0.39 is 0 Å². The van der Waals surface area contributed by atoms with E-state index in [0.717, 1.165) is 0 Å². The van der Waals surface area contributed by atoms with E-state index in [1.165, 1.54) is 6.08 Å². The summed E-state index contributed by atoms with van der Waals surface area (Å²) in [6.45, 7) is 4.01. The zero-order valence-corrected chi connectivity index (χ0v) is 9.10. The van der Waals surface area contributed by atoms with Gasteiger partial charge in [0.2, 0.25) is 0 Å². The van der Waals surface area contributed by atoms with Gasteiger partial charge in [-0.15, -0.1) is 0 Å². The number of allylic oxidation sites excluding steroid dienone is 4. The maximum atomic E-state index is 11.6. The van der Waals surface area contributed by atoms with Gasteiger partial charge < -0.3 is 4.74 Å². The normalized spacial score (nSPS) is 21.5. The Hall–Kier alpha value is -1.38. The molecule has 0 bridgehead atoms. The summed E-state index contributed by atoms with van der Waals surface area (Å²) in [5, 5.41) is 0. The van der Waals surface area contributed by atoms with Gasteiger partial charge in [0.05, 0.1) is 18.4 Å². The lowest BCUT2D eigenvalue weighted by atomic mass is 9.84. The third-order valence-corrected chi connectivity index (χ3v) is 2.48. The molecule has 0 aliphatic heterocycles. The molecule has 0 aromatic carbocycles. The second-order valence-electron chi connectivity index (χ2n) is 3.44. The Morgan fingerprint density at radius 3 is 2.73 bits per heavy atom. The molecule has 0 heterocycles. The number of ketones is 1. The lowest BCUT2D eigenvalue weighted by Gasteiger charge is -2.20. The van der Waals surface area contributed by atoms with Crippen molar-refractivity contribution in [1.29, 1.82) is 0 Å². The van der Waals surface area contributed by atoms with E-state index in [0.29, 0.717) is 13.0 Å². The summed E-state index contributed by atoms with van der Waals surface area (Å²) >= 11 is 0. The van der Waals surface area contributed by atoms with Crippen molar-refractivity contribution in [1.82, 2.24) is 0 Å². The van der Waals surface area contributed by atoms with Crippen molar-refractivity contribution in [2.75, 3.05) is 6.61 Å². The predicted octanol–water partition coefficient (Wildman–Crippen LogP) is 1.89. The second kappa shape index (κ2) is 5.49. The predicted molar refractivity (Wildman–Crippen MR) is 57.2 cm³/mol. The lowest BCUT2D eigenvalue weighted by molar-refractivity contribution is -0.151. The van der Waals surface area contributed by atoms with E-state index >= 15 is 0 Å². The molecule has 1 aliphatic carbocycles. The summed E-state index contributed by atoms with van der Waals surface area (Å²) < 4.78 is 4.95. The third-order valence-electron chi connectivity index (χ3n) is 2.48. The number of esters is 1. The molecule has 3 nitrogen and oxygen atoms in total. The summed E-state index contributed by atoms with van der Waals surface area (Å²) in [4.78, 5) is 23.1. The first-order valence-corrected chi connectivity index (χ1v) is 5.26. The number of rotatable bonds is 4. The Labute approximate surface area is 89.8 Å². The Morgan fingerprint density at radius 2 is 2.20 bits per heavy atom. The number of hydrogen-bond donors (Lipinski definition) is 0.